The van der Waals surface area contributed by atoms with Crippen LogP contribution in [0, 0.1) is 5.82 Å². The van der Waals surface area contributed by atoms with Gasteiger partial charge in [0.15, 0.2) is 5.96 Å². The Morgan fingerprint density at radius 2 is 2.07 bits per heavy atom. The van der Waals surface area contributed by atoms with E-state index in [1.54, 1.807) is 12.1 Å². The zero-order chi connectivity index (χ0) is 19.8. The summed E-state index contributed by atoms with van der Waals surface area (Å²) in [5, 5.41) is 9.49. The third-order valence-electron chi connectivity index (χ3n) is 4.74. The van der Waals surface area contributed by atoms with Gasteiger partial charge in [-0.1, -0.05) is 30.3 Å². The van der Waals surface area contributed by atoms with Gasteiger partial charge < -0.3 is 16.0 Å². The van der Waals surface area contributed by atoms with Crippen LogP contribution >= 0.6 is 0 Å². The minimum absolute atomic E-state index is 0.0342. The van der Waals surface area contributed by atoms with Crippen LogP contribution in [-0.2, 0) is 11.2 Å². The number of aliphatic imine (C=N–C) groups is 1. The lowest BCUT2D eigenvalue weighted by Gasteiger charge is -2.24. The summed E-state index contributed by atoms with van der Waals surface area (Å²) in [6, 6.07) is 14.6. The first-order chi connectivity index (χ1) is 13.7. The number of nitrogens with one attached hydrogen (secondary N) is 3. The van der Waals surface area contributed by atoms with E-state index in [1.165, 1.54) is 6.07 Å². The molecule has 2 aromatic carbocycles. The van der Waals surface area contributed by atoms with Gasteiger partial charge in [0.2, 0.25) is 5.91 Å². The molecule has 3 N–H and O–H groups in total. The van der Waals surface area contributed by atoms with E-state index >= 15 is 0 Å². The number of nitrogens with zero attached hydrogens (tertiary/aromatic N) is 1. The summed E-state index contributed by atoms with van der Waals surface area (Å²) in [6.07, 6.45) is 2.13. The van der Waals surface area contributed by atoms with Crippen molar-refractivity contribution < 1.29 is 9.18 Å². The van der Waals surface area contributed by atoms with Gasteiger partial charge in [0.25, 0.3) is 0 Å². The van der Waals surface area contributed by atoms with E-state index in [-0.39, 0.29) is 17.6 Å². The summed E-state index contributed by atoms with van der Waals surface area (Å²) in [6.45, 7) is 4.07. The maximum absolute atomic E-state index is 13.2. The van der Waals surface area contributed by atoms with Crippen LogP contribution in [0.3, 0.4) is 0 Å². The number of guanidine groups is 1. The third kappa shape index (κ3) is 5.55. The first-order valence-corrected chi connectivity index (χ1v) is 9.81. The maximum Gasteiger partial charge on any atom is 0.225 e. The molecule has 28 heavy (non-hydrogen) atoms. The molecular weight excluding hydrogens is 355 g/mol. The van der Waals surface area contributed by atoms with Crippen molar-refractivity contribution >= 4 is 17.6 Å². The van der Waals surface area contributed by atoms with Crippen LogP contribution < -0.4 is 16.0 Å². The summed E-state index contributed by atoms with van der Waals surface area (Å²) in [5.74, 6) is 0.655. The fourth-order valence-electron chi connectivity index (χ4n) is 3.40. The van der Waals surface area contributed by atoms with Gasteiger partial charge in [0, 0.05) is 31.1 Å². The van der Waals surface area contributed by atoms with E-state index in [2.05, 4.69) is 20.9 Å². The van der Waals surface area contributed by atoms with Crippen LogP contribution in [0.25, 0.3) is 0 Å². The van der Waals surface area contributed by atoms with Crippen molar-refractivity contribution in [1.82, 2.24) is 10.6 Å². The lowest BCUT2D eigenvalue weighted by atomic mass is 9.91. The topological polar surface area (TPSA) is 65.5 Å². The Hall–Kier alpha value is -2.89. The smallest absolute Gasteiger partial charge is 0.225 e. The van der Waals surface area contributed by atoms with Crippen LogP contribution in [0.5, 0.6) is 0 Å². The molecule has 0 bridgehead atoms. The van der Waals surface area contributed by atoms with E-state index in [0.29, 0.717) is 13.0 Å². The molecule has 0 spiro atoms. The van der Waals surface area contributed by atoms with Crippen molar-refractivity contribution in [1.29, 1.82) is 0 Å². The predicted molar refractivity (Wildman–Crippen MR) is 111 cm³/mol. The number of hydrogen-bond donors (Lipinski definition) is 3. The van der Waals surface area contributed by atoms with Gasteiger partial charge in [0.05, 0.1) is 6.54 Å². The molecule has 0 aliphatic carbocycles. The molecule has 1 aliphatic rings. The first-order valence-electron chi connectivity index (χ1n) is 9.81. The Bertz CT molecular complexity index is 837. The van der Waals surface area contributed by atoms with Crippen LogP contribution in [-0.4, -0.2) is 31.5 Å². The van der Waals surface area contributed by atoms with Crippen molar-refractivity contribution in [2.75, 3.05) is 25.0 Å². The zero-order valence-electron chi connectivity index (χ0n) is 16.2. The Morgan fingerprint density at radius 1 is 1.21 bits per heavy atom. The number of hydrogen-bond acceptors (Lipinski definition) is 2. The largest absolute Gasteiger partial charge is 0.357 e. The third-order valence-corrected chi connectivity index (χ3v) is 4.74. The van der Waals surface area contributed by atoms with Crippen LogP contribution in [0.2, 0.25) is 0 Å². The number of aryl methyl sites for hydroxylation is 1. The number of halogens is 1. The van der Waals surface area contributed by atoms with Crippen molar-refractivity contribution in [3.8, 4) is 0 Å². The van der Waals surface area contributed by atoms with Crippen LogP contribution in [0.4, 0.5) is 10.1 Å². The minimum atomic E-state index is -0.197. The molecule has 3 rings (SSSR count). The number of amides is 1. The fourth-order valence-corrected chi connectivity index (χ4v) is 3.40. The van der Waals surface area contributed by atoms with E-state index in [0.717, 1.165) is 48.7 Å². The molecule has 1 atom stereocenters. The molecule has 2 aromatic rings. The summed E-state index contributed by atoms with van der Waals surface area (Å²) >= 11 is 0. The Balaban J connectivity index is 1.55. The molecule has 0 saturated heterocycles. The second-order valence-corrected chi connectivity index (χ2v) is 6.92. The number of anilines is 1. The van der Waals surface area contributed by atoms with Crippen molar-refractivity contribution in [3.63, 3.8) is 0 Å². The van der Waals surface area contributed by atoms with Crippen molar-refractivity contribution in [3.05, 3.63) is 65.5 Å². The number of benzene rings is 2. The van der Waals surface area contributed by atoms with Gasteiger partial charge in [-0.05, 0) is 49.1 Å². The number of carbonyl (C=O) groups excluding carboxylic acids is 1. The van der Waals surface area contributed by atoms with E-state index in [9.17, 15) is 9.18 Å². The number of fused-ring (bicyclic) bond motifs is 1. The number of para-hydroxylation sites is 1. The highest BCUT2D eigenvalue weighted by Crippen LogP contribution is 2.31. The molecule has 148 valence electrons. The Morgan fingerprint density at radius 3 is 2.89 bits per heavy atom. The quantitative estimate of drug-likeness (QED) is 0.390. The molecule has 0 saturated carbocycles. The number of rotatable bonds is 7. The normalized spacial score (nSPS) is 16.3. The molecule has 0 radical (unpaired) electrons. The molecule has 0 fully saturated rings. The second kappa shape index (κ2) is 9.88. The summed E-state index contributed by atoms with van der Waals surface area (Å²) in [4.78, 5) is 16.6. The maximum atomic E-state index is 13.2. The highest BCUT2D eigenvalue weighted by Gasteiger charge is 2.24. The number of carbonyl (C=O) groups is 1. The molecule has 0 aromatic heterocycles. The fraction of sp³-hybridized carbons (Fsp3) is 0.364. The lowest BCUT2D eigenvalue weighted by Crippen LogP contribution is -2.38. The van der Waals surface area contributed by atoms with E-state index in [4.69, 9.17) is 0 Å². The molecule has 1 unspecified atom stereocenters. The highest BCUT2D eigenvalue weighted by atomic mass is 19.1. The predicted octanol–water partition coefficient (Wildman–Crippen LogP) is 3.44. The molecule has 6 heteroatoms. The summed E-state index contributed by atoms with van der Waals surface area (Å²) < 4.78 is 13.2. The van der Waals surface area contributed by atoms with E-state index < -0.39 is 0 Å². The van der Waals surface area contributed by atoms with Gasteiger partial charge >= 0.3 is 0 Å². The molecule has 1 amide bonds. The van der Waals surface area contributed by atoms with Crippen molar-refractivity contribution in [2.24, 2.45) is 4.99 Å². The van der Waals surface area contributed by atoms with Gasteiger partial charge in [0.1, 0.15) is 5.82 Å². The van der Waals surface area contributed by atoms with Gasteiger partial charge in [-0.3, -0.25) is 9.79 Å². The molecule has 5 nitrogen and oxygen atoms in total. The molecule has 1 heterocycles. The minimum Gasteiger partial charge on any atom is -0.357 e. The standard InChI is InChI=1S/C22H27FN4O/c1-2-24-22(25-12-6-8-16-7-5-9-18(23)13-16)26-15-17-14-21(28)27-20-11-4-3-10-19(17)20/h3-5,7,9-11,13,17H,2,6,8,12,14-15H2,1H3,(H,27,28)(H2,24,25,26). The summed E-state index contributed by atoms with van der Waals surface area (Å²) in [5.41, 5.74) is 3.01. The highest BCUT2D eigenvalue weighted by molar-refractivity contribution is 5.94. The van der Waals surface area contributed by atoms with E-state index in [1.807, 2.05) is 37.3 Å². The molecular formula is C22H27FN4O. The monoisotopic (exact) mass is 382 g/mol. The second-order valence-electron chi connectivity index (χ2n) is 6.92. The Kier molecular flexibility index (Phi) is 7.00. The zero-order valence-corrected chi connectivity index (χ0v) is 16.2. The first kappa shape index (κ1) is 19.9. The van der Waals surface area contributed by atoms with Gasteiger partial charge in [-0.2, -0.15) is 0 Å². The van der Waals surface area contributed by atoms with Crippen LogP contribution in [0.15, 0.2) is 53.5 Å². The van der Waals surface area contributed by atoms with Crippen molar-refractivity contribution in [2.45, 2.75) is 32.1 Å². The lowest BCUT2D eigenvalue weighted by molar-refractivity contribution is -0.116. The average Bonchev–Trinajstić information content (AvgIpc) is 2.69. The van der Waals surface area contributed by atoms with Gasteiger partial charge in [-0.15, -0.1) is 0 Å². The van der Waals surface area contributed by atoms with Gasteiger partial charge in [-0.25, -0.2) is 4.39 Å². The Labute approximate surface area is 165 Å². The van der Waals surface area contributed by atoms with Crippen LogP contribution in [0.1, 0.15) is 36.8 Å². The molecule has 1 aliphatic heterocycles. The SMILES string of the molecule is CCNC(=NCC1CC(=O)Nc2ccccc21)NCCCc1cccc(F)c1. The average molecular weight is 382 g/mol. The summed E-state index contributed by atoms with van der Waals surface area (Å²) in [7, 11) is 0.